The first kappa shape index (κ1) is 14.3. The highest BCUT2D eigenvalue weighted by Gasteiger charge is 2.11. The van der Waals surface area contributed by atoms with Crippen molar-refractivity contribution in [2.45, 2.75) is 33.1 Å². The Morgan fingerprint density at radius 3 is 2.44 bits per heavy atom. The van der Waals surface area contributed by atoms with Crippen LogP contribution in [0.25, 0.3) is 5.57 Å². The number of aryl methyl sites for hydroxylation is 1. The van der Waals surface area contributed by atoms with E-state index >= 15 is 0 Å². The first-order valence-electron chi connectivity index (χ1n) is 6.39. The molecule has 96 valence electrons. The van der Waals surface area contributed by atoms with Crippen molar-refractivity contribution in [2.24, 2.45) is 0 Å². The van der Waals surface area contributed by atoms with E-state index in [1.165, 1.54) is 18.4 Å². The molecule has 0 spiro atoms. The van der Waals surface area contributed by atoms with Gasteiger partial charge in [-0.1, -0.05) is 44.2 Å². The molecule has 0 aromatic heterocycles. The van der Waals surface area contributed by atoms with Crippen LogP contribution in [0.3, 0.4) is 0 Å². The van der Waals surface area contributed by atoms with Crippen molar-refractivity contribution >= 4 is 11.5 Å². The van der Waals surface area contributed by atoms with Crippen molar-refractivity contribution in [3.8, 4) is 0 Å². The third kappa shape index (κ3) is 3.90. The van der Waals surface area contributed by atoms with Crippen molar-refractivity contribution < 1.29 is 9.53 Å². The number of unbranched alkanes of at least 4 members (excludes halogenated alkanes) is 1. The molecule has 0 aliphatic heterocycles. The van der Waals surface area contributed by atoms with Crippen LogP contribution in [0.15, 0.2) is 36.6 Å². The molecular weight excluding hydrogens is 224 g/mol. The van der Waals surface area contributed by atoms with Crippen molar-refractivity contribution in [2.75, 3.05) is 6.61 Å². The lowest BCUT2D eigenvalue weighted by Gasteiger charge is -2.06. The number of hydrogen-bond acceptors (Lipinski definition) is 2. The van der Waals surface area contributed by atoms with Crippen LogP contribution in [0.5, 0.6) is 0 Å². The smallest absolute Gasteiger partial charge is 0.346 e. The number of esters is 1. The summed E-state index contributed by atoms with van der Waals surface area (Å²) < 4.78 is 4.97. The Labute approximate surface area is 109 Å². The van der Waals surface area contributed by atoms with Gasteiger partial charge in [-0.15, -0.1) is 5.73 Å². The summed E-state index contributed by atoms with van der Waals surface area (Å²) >= 11 is 0. The number of benzene rings is 1. The van der Waals surface area contributed by atoms with Gasteiger partial charge in [0.25, 0.3) is 0 Å². The molecule has 2 nitrogen and oxygen atoms in total. The molecule has 0 bridgehead atoms. The van der Waals surface area contributed by atoms with Crippen LogP contribution in [0.2, 0.25) is 0 Å². The highest BCUT2D eigenvalue weighted by molar-refractivity contribution is 6.16. The van der Waals surface area contributed by atoms with Gasteiger partial charge in [-0.05, 0) is 30.9 Å². The summed E-state index contributed by atoms with van der Waals surface area (Å²) in [7, 11) is 0. The van der Waals surface area contributed by atoms with Gasteiger partial charge in [-0.25, -0.2) is 4.79 Å². The lowest BCUT2D eigenvalue weighted by Crippen LogP contribution is -2.06. The summed E-state index contributed by atoms with van der Waals surface area (Å²) in [4.78, 5) is 11.7. The molecule has 1 aromatic carbocycles. The topological polar surface area (TPSA) is 26.3 Å². The summed E-state index contributed by atoms with van der Waals surface area (Å²) in [6, 6.07) is 7.94. The van der Waals surface area contributed by atoms with Gasteiger partial charge in [-0.2, -0.15) is 0 Å². The van der Waals surface area contributed by atoms with Crippen molar-refractivity contribution in [3.05, 3.63) is 47.7 Å². The fraction of sp³-hybridized carbons (Fsp3) is 0.375. The molecule has 2 heteroatoms. The summed E-state index contributed by atoms with van der Waals surface area (Å²) in [6.45, 7) is 7.87. The largest absolute Gasteiger partial charge is 0.462 e. The molecule has 0 fully saturated rings. The van der Waals surface area contributed by atoms with E-state index in [1.54, 1.807) is 6.92 Å². The fourth-order valence-corrected chi connectivity index (χ4v) is 1.71. The molecule has 0 atom stereocenters. The fourth-order valence-electron chi connectivity index (χ4n) is 1.71. The van der Waals surface area contributed by atoms with E-state index in [0.29, 0.717) is 12.2 Å². The minimum absolute atomic E-state index is 0.360. The van der Waals surface area contributed by atoms with Gasteiger partial charge in [0.15, 0.2) is 0 Å². The molecular formula is C16H20O2. The van der Waals surface area contributed by atoms with E-state index < -0.39 is 0 Å². The maximum absolute atomic E-state index is 11.7. The molecule has 0 unspecified atom stereocenters. The monoisotopic (exact) mass is 244 g/mol. The number of carbonyl (C=O) groups is 1. The molecule has 1 rings (SSSR count). The van der Waals surface area contributed by atoms with E-state index in [9.17, 15) is 4.79 Å². The molecule has 0 amide bonds. The van der Waals surface area contributed by atoms with E-state index in [2.05, 4.69) is 19.2 Å². The first-order chi connectivity index (χ1) is 8.72. The zero-order chi connectivity index (χ0) is 13.4. The molecule has 18 heavy (non-hydrogen) atoms. The van der Waals surface area contributed by atoms with Crippen LogP contribution in [0.1, 0.15) is 37.8 Å². The van der Waals surface area contributed by atoms with E-state index in [0.717, 1.165) is 12.0 Å². The Hall–Kier alpha value is -1.79. The normalized spacial score (nSPS) is 9.67. The Morgan fingerprint density at radius 1 is 1.28 bits per heavy atom. The van der Waals surface area contributed by atoms with Crippen LogP contribution in [-0.2, 0) is 16.0 Å². The summed E-state index contributed by atoms with van der Waals surface area (Å²) in [6.07, 6.45) is 3.44. The number of rotatable bonds is 6. The quantitative estimate of drug-likeness (QED) is 0.432. The number of ether oxygens (including phenoxy) is 1. The minimum Gasteiger partial charge on any atom is -0.462 e. The highest BCUT2D eigenvalue weighted by Crippen LogP contribution is 2.16. The van der Waals surface area contributed by atoms with E-state index in [4.69, 9.17) is 4.74 Å². The Kier molecular flexibility index (Phi) is 5.96. The van der Waals surface area contributed by atoms with Crippen LogP contribution in [0, 0.1) is 0 Å². The van der Waals surface area contributed by atoms with Crippen LogP contribution >= 0.6 is 0 Å². The van der Waals surface area contributed by atoms with Crippen LogP contribution in [-0.4, -0.2) is 12.6 Å². The van der Waals surface area contributed by atoms with Gasteiger partial charge < -0.3 is 4.74 Å². The molecule has 0 saturated heterocycles. The van der Waals surface area contributed by atoms with Crippen molar-refractivity contribution in [3.63, 3.8) is 0 Å². The zero-order valence-corrected chi connectivity index (χ0v) is 11.2. The number of carbonyl (C=O) groups excluding carboxylic acids is 1. The molecule has 0 radical (unpaired) electrons. The summed E-state index contributed by atoms with van der Waals surface area (Å²) in [5.74, 6) is -0.367. The minimum atomic E-state index is -0.367. The maximum atomic E-state index is 11.7. The second-order valence-corrected chi connectivity index (χ2v) is 4.07. The van der Waals surface area contributed by atoms with E-state index in [1.807, 2.05) is 24.3 Å². The third-order valence-corrected chi connectivity index (χ3v) is 2.72. The molecule has 0 saturated carbocycles. The summed E-state index contributed by atoms with van der Waals surface area (Å²) in [5, 5.41) is 0. The maximum Gasteiger partial charge on any atom is 0.346 e. The average molecular weight is 244 g/mol. The van der Waals surface area contributed by atoms with Crippen molar-refractivity contribution in [1.29, 1.82) is 0 Å². The standard InChI is InChI=1S/C16H20O2/c1-4-7-8-13-9-11-14(12-10-13)15(5-2)16(17)18-6-3/h9-12H,2,4,6-8H2,1,3H3. The van der Waals surface area contributed by atoms with Crippen LogP contribution < -0.4 is 0 Å². The predicted octanol–water partition coefficient (Wildman–Crippen LogP) is 3.76. The first-order valence-corrected chi connectivity index (χ1v) is 6.39. The lowest BCUT2D eigenvalue weighted by molar-refractivity contribution is -0.136. The highest BCUT2D eigenvalue weighted by atomic mass is 16.5. The number of hydrogen-bond donors (Lipinski definition) is 0. The second kappa shape index (κ2) is 7.52. The van der Waals surface area contributed by atoms with Gasteiger partial charge in [0.2, 0.25) is 0 Å². The van der Waals surface area contributed by atoms with Gasteiger partial charge in [0.05, 0.1) is 6.61 Å². The van der Waals surface area contributed by atoms with Gasteiger partial charge in [0, 0.05) is 0 Å². The Morgan fingerprint density at radius 2 is 1.94 bits per heavy atom. The molecule has 0 heterocycles. The zero-order valence-electron chi connectivity index (χ0n) is 11.2. The van der Waals surface area contributed by atoms with Gasteiger partial charge in [0.1, 0.15) is 5.57 Å². The molecule has 0 aliphatic carbocycles. The van der Waals surface area contributed by atoms with E-state index in [-0.39, 0.29) is 5.97 Å². The lowest BCUT2D eigenvalue weighted by atomic mass is 10.0. The van der Waals surface area contributed by atoms with Gasteiger partial charge in [-0.3, -0.25) is 0 Å². The van der Waals surface area contributed by atoms with Gasteiger partial charge >= 0.3 is 5.97 Å². The molecule has 1 aromatic rings. The SMILES string of the molecule is C=C=C(C(=O)OCC)c1ccc(CCCC)cc1. The Bertz CT molecular complexity index is 437. The van der Waals surface area contributed by atoms with Crippen molar-refractivity contribution in [1.82, 2.24) is 0 Å². The van der Waals surface area contributed by atoms with Crippen LogP contribution in [0.4, 0.5) is 0 Å². The Balaban J connectivity index is 2.83. The molecule has 0 N–H and O–H groups in total. The summed E-state index contributed by atoms with van der Waals surface area (Å²) in [5.41, 5.74) is 5.15. The molecule has 0 aliphatic rings. The predicted molar refractivity (Wildman–Crippen MR) is 74.2 cm³/mol. The average Bonchev–Trinajstić information content (AvgIpc) is 2.39. The third-order valence-electron chi connectivity index (χ3n) is 2.72. The second-order valence-electron chi connectivity index (χ2n) is 4.07.